The van der Waals surface area contributed by atoms with E-state index in [0.717, 1.165) is 29.4 Å². The van der Waals surface area contributed by atoms with Crippen LogP contribution in [0.3, 0.4) is 0 Å². The second-order valence-electron chi connectivity index (χ2n) is 6.79. The molecule has 3 heterocycles. The molecule has 29 heavy (non-hydrogen) atoms. The van der Waals surface area contributed by atoms with Crippen molar-refractivity contribution in [1.82, 2.24) is 14.9 Å². The molecule has 2 atom stereocenters. The van der Waals surface area contributed by atoms with Crippen molar-refractivity contribution in [3.8, 4) is 5.75 Å². The molecule has 1 aliphatic heterocycles. The Hall–Kier alpha value is -2.90. The van der Waals surface area contributed by atoms with Crippen molar-refractivity contribution in [3.63, 3.8) is 0 Å². The van der Waals surface area contributed by atoms with E-state index < -0.39 is 0 Å². The van der Waals surface area contributed by atoms with E-state index in [1.54, 1.807) is 14.2 Å². The Labute approximate surface area is 176 Å². The summed E-state index contributed by atoms with van der Waals surface area (Å²) >= 11 is 5.79. The third-order valence-corrected chi connectivity index (χ3v) is 5.46. The van der Waals surface area contributed by atoms with Crippen LogP contribution in [0.2, 0.25) is 0 Å². The normalized spacial score (nSPS) is 18.7. The number of ether oxygens (including phenoxy) is 2. The molecule has 1 N–H and O–H groups in total. The van der Waals surface area contributed by atoms with Crippen LogP contribution in [0.4, 0.5) is 5.69 Å². The van der Waals surface area contributed by atoms with E-state index in [0.29, 0.717) is 11.7 Å². The second-order valence-corrected chi connectivity index (χ2v) is 7.17. The van der Waals surface area contributed by atoms with Crippen molar-refractivity contribution < 1.29 is 9.47 Å². The zero-order chi connectivity index (χ0) is 20.2. The molecular formula is C22H24N4O2S. The zero-order valence-electron chi connectivity index (χ0n) is 16.5. The first-order chi connectivity index (χ1) is 14.2. The lowest BCUT2D eigenvalue weighted by atomic mass is 10.0. The number of hydrogen-bond acceptors (Lipinski definition) is 4. The minimum absolute atomic E-state index is 0.0828. The fourth-order valence-electron chi connectivity index (χ4n) is 3.83. The number of aromatic nitrogens is 2. The van der Waals surface area contributed by atoms with Crippen molar-refractivity contribution >= 4 is 23.0 Å². The Morgan fingerprint density at radius 3 is 2.66 bits per heavy atom. The predicted octanol–water partition coefficient (Wildman–Crippen LogP) is 3.72. The Morgan fingerprint density at radius 1 is 1.07 bits per heavy atom. The van der Waals surface area contributed by atoms with Crippen LogP contribution >= 0.6 is 12.2 Å². The quantitative estimate of drug-likeness (QED) is 0.602. The molecule has 0 spiro atoms. The fraction of sp³-hybridized carbons (Fsp3) is 0.273. The van der Waals surface area contributed by atoms with Gasteiger partial charge in [0.25, 0.3) is 0 Å². The van der Waals surface area contributed by atoms with Gasteiger partial charge in [-0.25, -0.2) is 0 Å². The van der Waals surface area contributed by atoms with Crippen molar-refractivity contribution in [2.45, 2.75) is 18.6 Å². The van der Waals surface area contributed by atoms with Crippen LogP contribution in [0.15, 0.2) is 67.0 Å². The maximum absolute atomic E-state index is 5.79. The zero-order valence-corrected chi connectivity index (χ0v) is 17.3. The molecule has 1 aliphatic rings. The molecule has 0 bridgehead atoms. The number of thiocarbonyl (C=S) groups is 1. The Balaban J connectivity index is 1.83. The van der Waals surface area contributed by atoms with E-state index in [-0.39, 0.29) is 12.1 Å². The lowest BCUT2D eigenvalue weighted by Gasteiger charge is -2.29. The molecule has 1 fully saturated rings. The second kappa shape index (κ2) is 8.63. The highest BCUT2D eigenvalue weighted by atomic mass is 32.1. The number of nitrogens with zero attached hydrogens (tertiary/aromatic N) is 3. The van der Waals surface area contributed by atoms with Crippen LogP contribution in [-0.4, -0.2) is 35.5 Å². The first-order valence-electron chi connectivity index (χ1n) is 9.52. The van der Waals surface area contributed by atoms with Crippen molar-refractivity contribution in [2.75, 3.05) is 25.7 Å². The minimum atomic E-state index is -0.0928. The largest absolute Gasteiger partial charge is 0.495 e. The SMILES string of the molecule is COCCn1cccc1[C@H]1[C@@H](c2ccccn2)NC(=S)N1c1ccccc1OC. The lowest BCUT2D eigenvalue weighted by molar-refractivity contribution is 0.186. The monoisotopic (exact) mass is 408 g/mol. The Morgan fingerprint density at radius 2 is 1.90 bits per heavy atom. The van der Waals surface area contributed by atoms with Gasteiger partial charge in [0.2, 0.25) is 0 Å². The summed E-state index contributed by atoms with van der Waals surface area (Å²) in [6.07, 6.45) is 3.89. The molecule has 150 valence electrons. The molecule has 0 saturated carbocycles. The molecule has 0 aliphatic carbocycles. The fourth-order valence-corrected chi connectivity index (χ4v) is 4.17. The third kappa shape index (κ3) is 3.71. The van der Waals surface area contributed by atoms with Crippen LogP contribution in [0.25, 0.3) is 0 Å². The van der Waals surface area contributed by atoms with E-state index in [9.17, 15) is 0 Å². The van der Waals surface area contributed by atoms with Crippen LogP contribution in [0.5, 0.6) is 5.75 Å². The summed E-state index contributed by atoms with van der Waals surface area (Å²) in [6, 6.07) is 17.9. The van der Waals surface area contributed by atoms with Gasteiger partial charge in [-0.1, -0.05) is 18.2 Å². The Kier molecular flexibility index (Phi) is 5.78. The highest BCUT2D eigenvalue weighted by molar-refractivity contribution is 7.80. The molecular weight excluding hydrogens is 384 g/mol. The number of pyridine rings is 1. The molecule has 0 amide bonds. The Bertz CT molecular complexity index is 976. The van der Waals surface area contributed by atoms with Gasteiger partial charge in [-0.05, 0) is 48.6 Å². The van der Waals surface area contributed by atoms with Crippen LogP contribution in [0, 0.1) is 0 Å². The van der Waals surface area contributed by atoms with Crippen molar-refractivity contribution in [2.24, 2.45) is 0 Å². The molecule has 1 aromatic carbocycles. The van der Waals surface area contributed by atoms with Crippen LogP contribution in [-0.2, 0) is 11.3 Å². The van der Waals surface area contributed by atoms with Gasteiger partial charge in [-0.3, -0.25) is 4.98 Å². The summed E-state index contributed by atoms with van der Waals surface area (Å²) in [6.45, 7) is 1.39. The number of para-hydroxylation sites is 2. The maximum atomic E-state index is 5.79. The number of nitrogens with one attached hydrogen (secondary N) is 1. The molecule has 6 nitrogen and oxygen atoms in total. The van der Waals surface area contributed by atoms with Gasteiger partial charge in [0.15, 0.2) is 5.11 Å². The summed E-state index contributed by atoms with van der Waals surface area (Å²) in [5.74, 6) is 0.776. The van der Waals surface area contributed by atoms with Gasteiger partial charge >= 0.3 is 0 Å². The molecule has 3 aromatic rings. The molecule has 1 saturated heterocycles. The topological polar surface area (TPSA) is 51.5 Å². The average molecular weight is 409 g/mol. The molecule has 0 radical (unpaired) electrons. The lowest BCUT2D eigenvalue weighted by Crippen LogP contribution is -2.31. The van der Waals surface area contributed by atoms with Crippen LogP contribution in [0.1, 0.15) is 23.5 Å². The first kappa shape index (κ1) is 19.4. The van der Waals surface area contributed by atoms with Gasteiger partial charge in [0, 0.05) is 31.7 Å². The number of hydrogen-bond donors (Lipinski definition) is 1. The third-order valence-electron chi connectivity index (χ3n) is 5.15. The first-order valence-corrected chi connectivity index (χ1v) is 9.93. The van der Waals surface area contributed by atoms with Gasteiger partial charge in [-0.2, -0.15) is 0 Å². The van der Waals surface area contributed by atoms with Gasteiger partial charge in [0.1, 0.15) is 11.8 Å². The predicted molar refractivity (Wildman–Crippen MR) is 117 cm³/mol. The van der Waals surface area contributed by atoms with E-state index >= 15 is 0 Å². The molecule has 7 heteroatoms. The molecule has 4 rings (SSSR count). The summed E-state index contributed by atoms with van der Waals surface area (Å²) in [4.78, 5) is 6.73. The highest BCUT2D eigenvalue weighted by Gasteiger charge is 2.42. The van der Waals surface area contributed by atoms with Gasteiger partial charge < -0.3 is 24.3 Å². The number of methoxy groups -OCH3 is 2. The number of rotatable bonds is 7. The average Bonchev–Trinajstić information content (AvgIpc) is 3.36. The van der Waals surface area contributed by atoms with E-state index in [1.807, 2.05) is 48.7 Å². The van der Waals surface area contributed by atoms with Crippen molar-refractivity contribution in [1.29, 1.82) is 0 Å². The smallest absolute Gasteiger partial charge is 0.174 e. The molecule has 0 unspecified atom stereocenters. The standard InChI is InChI=1S/C22H24N4O2S/c1-27-15-14-25-13-7-10-18(25)21-20(16-8-5-6-12-23-16)24-22(29)26(21)17-9-3-4-11-19(17)28-2/h3-13,20-21H,14-15H2,1-2H3,(H,24,29)/t20-,21+/m1/s1. The summed E-state index contributed by atoms with van der Waals surface area (Å²) < 4.78 is 13.2. The van der Waals surface area contributed by atoms with Crippen LogP contribution < -0.4 is 15.0 Å². The van der Waals surface area contributed by atoms with E-state index in [2.05, 4.69) is 38.1 Å². The molecule has 2 aromatic heterocycles. The van der Waals surface area contributed by atoms with Crippen molar-refractivity contribution in [3.05, 3.63) is 78.4 Å². The highest BCUT2D eigenvalue weighted by Crippen LogP contribution is 2.44. The summed E-state index contributed by atoms with van der Waals surface area (Å²) in [5, 5.41) is 4.13. The summed E-state index contributed by atoms with van der Waals surface area (Å²) in [7, 11) is 3.39. The van der Waals surface area contributed by atoms with Gasteiger partial charge in [0.05, 0.1) is 31.1 Å². The van der Waals surface area contributed by atoms with E-state index in [1.165, 1.54) is 0 Å². The van der Waals surface area contributed by atoms with Gasteiger partial charge in [-0.15, -0.1) is 0 Å². The number of anilines is 1. The summed E-state index contributed by atoms with van der Waals surface area (Å²) in [5.41, 5.74) is 3.00. The minimum Gasteiger partial charge on any atom is -0.495 e. The number of benzene rings is 1. The maximum Gasteiger partial charge on any atom is 0.174 e. The van der Waals surface area contributed by atoms with E-state index in [4.69, 9.17) is 21.7 Å².